The molecule has 0 radical (unpaired) electrons. The molecule has 138 valence electrons. The second-order valence-corrected chi connectivity index (χ2v) is 6.78. The molecule has 26 heavy (non-hydrogen) atoms. The standard InChI is InChI=1S/C17H23N7O2/c25-16(19-4-8-23-5-1-2-6-23)15-12-3-7-24(10-14(12)21-22-15)17(26)13-9-18-11-20-13/h9,11H,1-8,10H2,(H,18,20)(H,19,25)(H,21,22). The number of rotatable bonds is 5. The predicted octanol–water partition coefficient (Wildman–Crippen LogP) is 0.157. The summed E-state index contributed by atoms with van der Waals surface area (Å²) in [4.78, 5) is 35.7. The number of fused-ring (bicyclic) bond motifs is 1. The van der Waals surface area contributed by atoms with Crippen LogP contribution < -0.4 is 5.32 Å². The van der Waals surface area contributed by atoms with E-state index in [1.165, 1.54) is 25.4 Å². The Hall–Kier alpha value is -2.68. The molecule has 2 amide bonds. The van der Waals surface area contributed by atoms with E-state index in [0.29, 0.717) is 37.4 Å². The van der Waals surface area contributed by atoms with Gasteiger partial charge in [0.05, 0.1) is 24.8 Å². The van der Waals surface area contributed by atoms with Crippen molar-refractivity contribution >= 4 is 11.8 Å². The van der Waals surface area contributed by atoms with E-state index in [0.717, 1.165) is 30.9 Å². The lowest BCUT2D eigenvalue weighted by Crippen LogP contribution is -2.37. The summed E-state index contributed by atoms with van der Waals surface area (Å²) in [6, 6.07) is 0. The van der Waals surface area contributed by atoms with Crippen LogP contribution in [0.3, 0.4) is 0 Å². The summed E-state index contributed by atoms with van der Waals surface area (Å²) < 4.78 is 0. The molecule has 1 saturated heterocycles. The van der Waals surface area contributed by atoms with Crippen LogP contribution in [-0.2, 0) is 13.0 Å². The highest BCUT2D eigenvalue weighted by Gasteiger charge is 2.28. The molecular weight excluding hydrogens is 334 g/mol. The van der Waals surface area contributed by atoms with Crippen LogP contribution in [0.4, 0.5) is 0 Å². The van der Waals surface area contributed by atoms with Crippen molar-refractivity contribution in [1.82, 2.24) is 35.3 Å². The highest BCUT2D eigenvalue weighted by Crippen LogP contribution is 2.21. The van der Waals surface area contributed by atoms with Gasteiger partial charge >= 0.3 is 0 Å². The minimum atomic E-state index is -0.143. The van der Waals surface area contributed by atoms with E-state index in [1.807, 2.05) is 0 Å². The molecule has 0 atom stereocenters. The molecule has 4 rings (SSSR count). The first kappa shape index (κ1) is 16.8. The number of aromatic amines is 2. The van der Waals surface area contributed by atoms with Crippen LogP contribution in [0.5, 0.6) is 0 Å². The summed E-state index contributed by atoms with van der Waals surface area (Å²) in [6.45, 7) is 4.72. The summed E-state index contributed by atoms with van der Waals surface area (Å²) in [6.07, 6.45) is 6.11. The first-order chi connectivity index (χ1) is 12.7. The van der Waals surface area contributed by atoms with Crippen molar-refractivity contribution in [1.29, 1.82) is 0 Å². The van der Waals surface area contributed by atoms with Gasteiger partial charge in [0, 0.05) is 25.2 Å². The summed E-state index contributed by atoms with van der Waals surface area (Å²) in [7, 11) is 0. The number of carbonyl (C=O) groups is 2. The SMILES string of the molecule is O=C(NCCN1CCCC1)c1n[nH]c2c1CCN(C(=O)c1cnc[nH]1)C2. The minimum Gasteiger partial charge on any atom is -0.349 e. The molecule has 0 spiro atoms. The van der Waals surface area contributed by atoms with Gasteiger partial charge in [-0.3, -0.25) is 14.7 Å². The number of hydrogen-bond acceptors (Lipinski definition) is 5. The lowest BCUT2D eigenvalue weighted by Gasteiger charge is -2.26. The fourth-order valence-electron chi connectivity index (χ4n) is 3.64. The van der Waals surface area contributed by atoms with Crippen molar-refractivity contribution in [2.45, 2.75) is 25.8 Å². The molecule has 4 heterocycles. The Kier molecular flexibility index (Phi) is 4.70. The van der Waals surface area contributed by atoms with Crippen molar-refractivity contribution in [3.8, 4) is 0 Å². The third kappa shape index (κ3) is 3.34. The van der Waals surface area contributed by atoms with E-state index < -0.39 is 0 Å². The molecule has 9 heteroatoms. The highest BCUT2D eigenvalue weighted by molar-refractivity contribution is 5.95. The zero-order valence-corrected chi connectivity index (χ0v) is 14.6. The molecule has 0 saturated carbocycles. The number of carbonyl (C=O) groups excluding carboxylic acids is 2. The van der Waals surface area contributed by atoms with Gasteiger partial charge in [0.2, 0.25) is 0 Å². The van der Waals surface area contributed by atoms with E-state index in [9.17, 15) is 9.59 Å². The number of nitrogens with one attached hydrogen (secondary N) is 3. The van der Waals surface area contributed by atoms with Crippen molar-refractivity contribution in [2.24, 2.45) is 0 Å². The van der Waals surface area contributed by atoms with Gasteiger partial charge in [0.15, 0.2) is 5.69 Å². The van der Waals surface area contributed by atoms with Crippen LogP contribution in [-0.4, -0.2) is 74.5 Å². The van der Waals surface area contributed by atoms with Crippen LogP contribution in [0.15, 0.2) is 12.5 Å². The maximum absolute atomic E-state index is 12.4. The largest absolute Gasteiger partial charge is 0.349 e. The van der Waals surface area contributed by atoms with Gasteiger partial charge in [-0.15, -0.1) is 0 Å². The first-order valence-corrected chi connectivity index (χ1v) is 9.06. The van der Waals surface area contributed by atoms with Gasteiger partial charge in [0.25, 0.3) is 11.8 Å². The Morgan fingerprint density at radius 2 is 2.08 bits per heavy atom. The maximum atomic E-state index is 12.4. The topological polar surface area (TPSA) is 110 Å². The van der Waals surface area contributed by atoms with Crippen LogP contribution in [0.1, 0.15) is 45.1 Å². The molecular formula is C17H23N7O2. The van der Waals surface area contributed by atoms with E-state index in [-0.39, 0.29) is 11.8 Å². The first-order valence-electron chi connectivity index (χ1n) is 9.06. The quantitative estimate of drug-likeness (QED) is 0.706. The monoisotopic (exact) mass is 357 g/mol. The van der Waals surface area contributed by atoms with Crippen molar-refractivity contribution in [3.05, 3.63) is 35.2 Å². The fourth-order valence-corrected chi connectivity index (χ4v) is 3.64. The third-order valence-electron chi connectivity index (χ3n) is 5.08. The van der Waals surface area contributed by atoms with Gasteiger partial charge in [-0.2, -0.15) is 5.10 Å². The van der Waals surface area contributed by atoms with E-state index in [1.54, 1.807) is 4.90 Å². The number of nitrogens with zero attached hydrogens (tertiary/aromatic N) is 4. The Morgan fingerprint density at radius 3 is 2.85 bits per heavy atom. The molecule has 0 unspecified atom stereocenters. The van der Waals surface area contributed by atoms with Crippen molar-refractivity contribution < 1.29 is 9.59 Å². The minimum absolute atomic E-state index is 0.0978. The maximum Gasteiger partial charge on any atom is 0.272 e. The van der Waals surface area contributed by atoms with E-state index in [4.69, 9.17) is 0 Å². The number of aromatic nitrogens is 4. The van der Waals surface area contributed by atoms with Crippen LogP contribution in [0.2, 0.25) is 0 Å². The number of imidazole rings is 1. The molecule has 2 aliphatic heterocycles. The third-order valence-corrected chi connectivity index (χ3v) is 5.08. The smallest absolute Gasteiger partial charge is 0.272 e. The van der Waals surface area contributed by atoms with Gasteiger partial charge in [-0.05, 0) is 32.4 Å². The predicted molar refractivity (Wildman–Crippen MR) is 93.6 cm³/mol. The molecule has 0 aromatic carbocycles. The summed E-state index contributed by atoms with van der Waals surface area (Å²) in [5.41, 5.74) is 2.66. The second-order valence-electron chi connectivity index (χ2n) is 6.78. The lowest BCUT2D eigenvalue weighted by atomic mass is 10.0. The Labute approximate surface area is 151 Å². The lowest BCUT2D eigenvalue weighted by molar-refractivity contribution is 0.0727. The second kappa shape index (κ2) is 7.28. The van der Waals surface area contributed by atoms with Crippen LogP contribution in [0, 0.1) is 0 Å². The van der Waals surface area contributed by atoms with Gasteiger partial charge in [-0.25, -0.2) is 4.98 Å². The summed E-state index contributed by atoms with van der Waals surface area (Å²) in [5, 5.41) is 10.1. The van der Waals surface area contributed by atoms with E-state index >= 15 is 0 Å². The molecule has 2 aromatic rings. The Balaban J connectivity index is 1.36. The number of hydrogen-bond donors (Lipinski definition) is 3. The van der Waals surface area contributed by atoms with Crippen LogP contribution in [0.25, 0.3) is 0 Å². The summed E-state index contributed by atoms with van der Waals surface area (Å²) >= 11 is 0. The van der Waals surface area contributed by atoms with Crippen molar-refractivity contribution in [2.75, 3.05) is 32.7 Å². The van der Waals surface area contributed by atoms with Crippen molar-refractivity contribution in [3.63, 3.8) is 0 Å². The normalized spacial score (nSPS) is 17.3. The molecule has 0 bridgehead atoms. The molecule has 9 nitrogen and oxygen atoms in total. The average Bonchev–Trinajstić information content (AvgIpc) is 3.40. The van der Waals surface area contributed by atoms with Gasteiger partial charge in [-0.1, -0.05) is 0 Å². The Bertz CT molecular complexity index is 777. The van der Waals surface area contributed by atoms with Crippen LogP contribution >= 0.6 is 0 Å². The molecule has 2 aromatic heterocycles. The average molecular weight is 357 g/mol. The molecule has 0 aliphatic carbocycles. The van der Waals surface area contributed by atoms with Gasteiger partial charge in [0.1, 0.15) is 5.69 Å². The van der Waals surface area contributed by atoms with E-state index in [2.05, 4.69) is 30.4 Å². The molecule has 1 fully saturated rings. The summed E-state index contributed by atoms with van der Waals surface area (Å²) in [5.74, 6) is -0.241. The number of likely N-dealkylation sites (tertiary alicyclic amines) is 1. The zero-order chi connectivity index (χ0) is 17.9. The zero-order valence-electron chi connectivity index (χ0n) is 14.6. The molecule has 3 N–H and O–H groups in total. The molecule has 2 aliphatic rings. The fraction of sp³-hybridized carbons (Fsp3) is 0.529. The highest BCUT2D eigenvalue weighted by atomic mass is 16.2. The Morgan fingerprint density at radius 1 is 1.23 bits per heavy atom. The number of H-pyrrole nitrogens is 2. The van der Waals surface area contributed by atoms with Gasteiger partial charge < -0.3 is 20.1 Å². The number of amides is 2.